The van der Waals surface area contributed by atoms with Crippen LogP contribution >= 0.6 is 0 Å². The maximum atomic E-state index is 12.8. The standard InChI is InChI=1S/C23H20N2O4/c1-15-8-10-20(28-2)18(12-15)24-22(26)17-9-11-21-19(13-17)25(23(27)29-21)14-16-6-4-3-5-7-16/h3-13H,14H2,1-2H3,(H,24,26). The molecule has 0 aliphatic carbocycles. The van der Waals surface area contributed by atoms with Crippen LogP contribution in [0, 0.1) is 6.92 Å². The largest absolute Gasteiger partial charge is 0.495 e. The Bertz CT molecular complexity index is 1240. The Hall–Kier alpha value is -3.80. The highest BCUT2D eigenvalue weighted by molar-refractivity contribution is 6.06. The lowest BCUT2D eigenvalue weighted by Gasteiger charge is -2.11. The third kappa shape index (κ3) is 3.78. The van der Waals surface area contributed by atoms with Gasteiger partial charge in [0.15, 0.2) is 5.58 Å². The predicted molar refractivity (Wildman–Crippen MR) is 112 cm³/mol. The van der Waals surface area contributed by atoms with E-state index in [-0.39, 0.29) is 5.91 Å². The number of ether oxygens (including phenoxy) is 1. The van der Waals surface area contributed by atoms with Crippen molar-refractivity contribution in [1.29, 1.82) is 0 Å². The van der Waals surface area contributed by atoms with Crippen LogP contribution in [0.1, 0.15) is 21.5 Å². The average Bonchev–Trinajstić information content (AvgIpc) is 3.03. The molecule has 29 heavy (non-hydrogen) atoms. The van der Waals surface area contributed by atoms with Crippen LogP contribution in [0.2, 0.25) is 0 Å². The van der Waals surface area contributed by atoms with Gasteiger partial charge in [-0.1, -0.05) is 36.4 Å². The maximum Gasteiger partial charge on any atom is 0.420 e. The normalized spacial score (nSPS) is 10.8. The molecule has 4 rings (SSSR count). The van der Waals surface area contributed by atoms with Crippen molar-refractivity contribution in [2.45, 2.75) is 13.5 Å². The number of methoxy groups -OCH3 is 1. The molecule has 1 amide bonds. The number of hydrogen-bond donors (Lipinski definition) is 1. The molecule has 0 saturated heterocycles. The van der Waals surface area contributed by atoms with Crippen molar-refractivity contribution in [3.05, 3.63) is 94.0 Å². The summed E-state index contributed by atoms with van der Waals surface area (Å²) < 4.78 is 12.2. The zero-order valence-electron chi connectivity index (χ0n) is 16.1. The molecule has 6 nitrogen and oxygen atoms in total. The van der Waals surface area contributed by atoms with Gasteiger partial charge >= 0.3 is 5.76 Å². The number of fused-ring (bicyclic) bond motifs is 1. The van der Waals surface area contributed by atoms with Gasteiger partial charge in [-0.25, -0.2) is 4.79 Å². The quantitative estimate of drug-likeness (QED) is 0.556. The summed E-state index contributed by atoms with van der Waals surface area (Å²) in [5, 5.41) is 2.88. The SMILES string of the molecule is COc1ccc(C)cc1NC(=O)c1ccc2oc(=O)n(Cc3ccccc3)c2c1. The first-order valence-corrected chi connectivity index (χ1v) is 9.18. The number of aryl methyl sites for hydroxylation is 1. The molecule has 0 unspecified atom stereocenters. The van der Waals surface area contributed by atoms with Crippen molar-refractivity contribution in [2.75, 3.05) is 12.4 Å². The summed E-state index contributed by atoms with van der Waals surface area (Å²) in [6, 6.07) is 20.1. The van der Waals surface area contributed by atoms with Crippen LogP contribution in [0.5, 0.6) is 5.75 Å². The van der Waals surface area contributed by atoms with Gasteiger partial charge in [0, 0.05) is 5.56 Å². The van der Waals surface area contributed by atoms with E-state index < -0.39 is 5.76 Å². The Morgan fingerprint density at radius 3 is 2.62 bits per heavy atom. The molecule has 146 valence electrons. The molecule has 3 aromatic carbocycles. The molecule has 0 aliphatic heterocycles. The fraction of sp³-hybridized carbons (Fsp3) is 0.130. The molecule has 0 atom stereocenters. The average molecular weight is 388 g/mol. The van der Waals surface area contributed by atoms with Crippen LogP contribution in [0.4, 0.5) is 5.69 Å². The Balaban J connectivity index is 1.68. The lowest BCUT2D eigenvalue weighted by molar-refractivity contribution is 0.102. The summed E-state index contributed by atoms with van der Waals surface area (Å²) in [5.41, 5.74) is 3.99. The Kier molecular flexibility index (Phi) is 4.91. The zero-order valence-corrected chi connectivity index (χ0v) is 16.1. The minimum Gasteiger partial charge on any atom is -0.495 e. The maximum absolute atomic E-state index is 12.8. The first kappa shape index (κ1) is 18.6. The van der Waals surface area contributed by atoms with Gasteiger partial charge in [0.2, 0.25) is 0 Å². The number of oxazole rings is 1. The number of carbonyl (C=O) groups is 1. The Labute approximate surface area is 167 Å². The molecule has 4 aromatic rings. The van der Waals surface area contributed by atoms with Gasteiger partial charge in [-0.3, -0.25) is 9.36 Å². The molecule has 0 spiro atoms. The summed E-state index contributed by atoms with van der Waals surface area (Å²) in [4.78, 5) is 25.1. The van der Waals surface area contributed by atoms with Gasteiger partial charge in [-0.05, 0) is 48.4 Å². The van der Waals surface area contributed by atoms with Crippen LogP contribution in [0.3, 0.4) is 0 Å². The number of nitrogens with zero attached hydrogens (tertiary/aromatic N) is 1. The van der Waals surface area contributed by atoms with Crippen LogP contribution in [-0.4, -0.2) is 17.6 Å². The highest BCUT2D eigenvalue weighted by atomic mass is 16.5. The molecule has 0 aliphatic rings. The van der Waals surface area contributed by atoms with Gasteiger partial charge in [0.25, 0.3) is 5.91 Å². The number of benzene rings is 3. The molecule has 0 fully saturated rings. The molecular weight excluding hydrogens is 368 g/mol. The smallest absolute Gasteiger partial charge is 0.420 e. The van der Waals surface area contributed by atoms with Gasteiger partial charge in [-0.2, -0.15) is 0 Å². The third-order valence-electron chi connectivity index (χ3n) is 4.72. The van der Waals surface area contributed by atoms with E-state index in [4.69, 9.17) is 9.15 Å². The van der Waals surface area contributed by atoms with Gasteiger partial charge in [0.1, 0.15) is 5.75 Å². The molecule has 0 radical (unpaired) electrons. The Morgan fingerprint density at radius 1 is 1.07 bits per heavy atom. The second kappa shape index (κ2) is 7.67. The van der Waals surface area contributed by atoms with Crippen molar-refractivity contribution in [2.24, 2.45) is 0 Å². The van der Waals surface area contributed by atoms with Crippen molar-refractivity contribution >= 4 is 22.7 Å². The molecular formula is C23H20N2O4. The van der Waals surface area contributed by atoms with E-state index in [0.29, 0.717) is 34.6 Å². The fourth-order valence-corrected chi connectivity index (χ4v) is 3.23. The molecule has 1 aromatic heterocycles. The van der Waals surface area contributed by atoms with Gasteiger partial charge in [-0.15, -0.1) is 0 Å². The molecule has 1 heterocycles. The fourth-order valence-electron chi connectivity index (χ4n) is 3.23. The molecule has 6 heteroatoms. The topological polar surface area (TPSA) is 73.5 Å². The van der Waals surface area contributed by atoms with E-state index in [2.05, 4.69) is 5.32 Å². The van der Waals surface area contributed by atoms with E-state index >= 15 is 0 Å². The monoisotopic (exact) mass is 388 g/mol. The first-order chi connectivity index (χ1) is 14.0. The van der Waals surface area contributed by atoms with Crippen molar-refractivity contribution in [1.82, 2.24) is 4.57 Å². The van der Waals surface area contributed by atoms with E-state index in [0.717, 1.165) is 11.1 Å². The minimum atomic E-state index is -0.457. The van der Waals surface area contributed by atoms with Crippen molar-refractivity contribution < 1.29 is 13.9 Å². The lowest BCUT2D eigenvalue weighted by Crippen LogP contribution is -2.16. The molecule has 1 N–H and O–H groups in total. The number of hydrogen-bond acceptors (Lipinski definition) is 4. The number of nitrogens with one attached hydrogen (secondary N) is 1. The number of aromatic nitrogens is 1. The first-order valence-electron chi connectivity index (χ1n) is 9.18. The van der Waals surface area contributed by atoms with Crippen LogP contribution in [0.15, 0.2) is 75.9 Å². The summed E-state index contributed by atoms with van der Waals surface area (Å²) in [6.45, 7) is 2.30. The summed E-state index contributed by atoms with van der Waals surface area (Å²) in [5.74, 6) is -0.174. The van der Waals surface area contributed by atoms with E-state index in [1.165, 1.54) is 4.57 Å². The Morgan fingerprint density at radius 2 is 1.86 bits per heavy atom. The van der Waals surface area contributed by atoms with Crippen LogP contribution in [-0.2, 0) is 6.54 Å². The molecule has 0 saturated carbocycles. The number of carbonyl (C=O) groups excluding carboxylic acids is 1. The summed E-state index contributed by atoms with van der Waals surface area (Å²) in [7, 11) is 1.56. The second-order valence-electron chi connectivity index (χ2n) is 6.78. The third-order valence-corrected chi connectivity index (χ3v) is 4.72. The highest BCUT2D eigenvalue weighted by Crippen LogP contribution is 2.26. The second-order valence-corrected chi connectivity index (χ2v) is 6.78. The van der Waals surface area contributed by atoms with E-state index in [1.54, 1.807) is 25.3 Å². The van der Waals surface area contributed by atoms with Crippen molar-refractivity contribution in [3.8, 4) is 5.75 Å². The molecule has 0 bridgehead atoms. The zero-order chi connectivity index (χ0) is 20.4. The highest BCUT2D eigenvalue weighted by Gasteiger charge is 2.15. The number of anilines is 1. The van der Waals surface area contributed by atoms with Gasteiger partial charge < -0.3 is 14.5 Å². The minimum absolute atomic E-state index is 0.296. The van der Waals surface area contributed by atoms with E-state index in [9.17, 15) is 9.59 Å². The van der Waals surface area contributed by atoms with Crippen molar-refractivity contribution in [3.63, 3.8) is 0 Å². The predicted octanol–water partition coefficient (Wildman–Crippen LogP) is 4.21. The van der Waals surface area contributed by atoms with E-state index in [1.807, 2.05) is 55.5 Å². The number of rotatable bonds is 5. The summed E-state index contributed by atoms with van der Waals surface area (Å²) in [6.07, 6.45) is 0. The lowest BCUT2D eigenvalue weighted by atomic mass is 10.1. The summed E-state index contributed by atoms with van der Waals surface area (Å²) >= 11 is 0. The number of amides is 1. The van der Waals surface area contributed by atoms with Crippen LogP contribution < -0.4 is 15.8 Å². The van der Waals surface area contributed by atoms with Gasteiger partial charge in [0.05, 0.1) is 24.9 Å². The van der Waals surface area contributed by atoms with Crippen LogP contribution in [0.25, 0.3) is 11.1 Å².